The van der Waals surface area contributed by atoms with E-state index in [1.54, 1.807) is 0 Å². The van der Waals surface area contributed by atoms with Crippen LogP contribution < -0.4 is 5.73 Å². The first kappa shape index (κ1) is 15.1. The fourth-order valence-corrected chi connectivity index (χ4v) is 1.50. The summed E-state index contributed by atoms with van der Waals surface area (Å²) in [6.45, 7) is 3.55. The summed E-state index contributed by atoms with van der Waals surface area (Å²) in [5.74, 6) is 0. The Hall–Kier alpha value is -1.93. The van der Waals surface area contributed by atoms with Crippen molar-refractivity contribution >= 4 is 6.21 Å². The van der Waals surface area contributed by atoms with Gasteiger partial charge in [-0.1, -0.05) is 67.6 Å². The molecule has 2 aromatic rings. The van der Waals surface area contributed by atoms with E-state index in [1.807, 2.05) is 54.7 Å². The molecular formula is C17H22N2. The first-order valence-corrected chi connectivity index (χ1v) is 6.63. The average molecular weight is 254 g/mol. The quantitative estimate of drug-likeness (QED) is 0.828. The monoisotopic (exact) mass is 254 g/mol. The molecule has 0 amide bonds. The van der Waals surface area contributed by atoms with Crippen molar-refractivity contribution in [1.82, 2.24) is 0 Å². The van der Waals surface area contributed by atoms with Gasteiger partial charge in [0.15, 0.2) is 0 Å². The molecule has 2 heteroatoms. The average Bonchev–Trinajstić information content (AvgIpc) is 2.50. The Kier molecular flexibility index (Phi) is 7.99. The Labute approximate surface area is 116 Å². The van der Waals surface area contributed by atoms with Gasteiger partial charge in [0, 0.05) is 6.54 Å². The minimum atomic E-state index is 0.640. The number of aliphatic imine (C=N–C) groups is 1. The Morgan fingerprint density at radius 1 is 0.895 bits per heavy atom. The molecule has 0 aromatic heterocycles. The summed E-state index contributed by atoms with van der Waals surface area (Å²) < 4.78 is 0. The van der Waals surface area contributed by atoms with Crippen LogP contribution in [0.25, 0.3) is 0 Å². The second kappa shape index (κ2) is 10.0. The van der Waals surface area contributed by atoms with Gasteiger partial charge in [0.05, 0.1) is 6.54 Å². The molecule has 0 spiro atoms. The lowest BCUT2D eigenvalue weighted by Gasteiger charge is -1.92. The van der Waals surface area contributed by atoms with Crippen molar-refractivity contribution in [2.24, 2.45) is 10.7 Å². The molecule has 0 radical (unpaired) electrons. The van der Waals surface area contributed by atoms with E-state index in [2.05, 4.69) is 24.0 Å². The smallest absolute Gasteiger partial charge is 0.0635 e. The van der Waals surface area contributed by atoms with E-state index >= 15 is 0 Å². The lowest BCUT2D eigenvalue weighted by molar-refractivity contribution is 1.06. The van der Waals surface area contributed by atoms with Gasteiger partial charge in [-0.15, -0.1) is 0 Å². The molecule has 2 nitrogen and oxygen atoms in total. The highest BCUT2D eigenvalue weighted by Gasteiger charge is 1.84. The van der Waals surface area contributed by atoms with E-state index in [1.165, 1.54) is 11.1 Å². The van der Waals surface area contributed by atoms with Gasteiger partial charge in [0.1, 0.15) is 0 Å². The Morgan fingerprint density at radius 3 is 1.84 bits per heavy atom. The third-order valence-electron chi connectivity index (χ3n) is 2.51. The zero-order valence-corrected chi connectivity index (χ0v) is 11.5. The number of rotatable bonds is 4. The molecule has 0 aliphatic carbocycles. The molecule has 0 saturated heterocycles. The van der Waals surface area contributed by atoms with Crippen molar-refractivity contribution in [1.29, 1.82) is 0 Å². The highest BCUT2D eigenvalue weighted by atomic mass is 14.7. The third kappa shape index (κ3) is 7.17. The van der Waals surface area contributed by atoms with Crippen LogP contribution in [-0.4, -0.2) is 6.21 Å². The largest absolute Gasteiger partial charge is 0.326 e. The number of nitrogens with zero attached hydrogens (tertiary/aromatic N) is 1. The zero-order valence-electron chi connectivity index (χ0n) is 11.5. The first-order chi connectivity index (χ1) is 9.36. The molecular weight excluding hydrogens is 232 g/mol. The van der Waals surface area contributed by atoms with Crippen molar-refractivity contribution < 1.29 is 0 Å². The predicted molar refractivity (Wildman–Crippen MR) is 83.3 cm³/mol. The van der Waals surface area contributed by atoms with Gasteiger partial charge in [-0.25, -0.2) is 0 Å². The van der Waals surface area contributed by atoms with E-state index in [0.717, 1.165) is 13.0 Å². The summed E-state index contributed by atoms with van der Waals surface area (Å²) >= 11 is 0. The molecule has 0 aliphatic heterocycles. The van der Waals surface area contributed by atoms with Gasteiger partial charge in [0.2, 0.25) is 0 Å². The van der Waals surface area contributed by atoms with Crippen LogP contribution in [0.3, 0.4) is 0 Å². The van der Waals surface area contributed by atoms with Gasteiger partial charge in [-0.2, -0.15) is 0 Å². The van der Waals surface area contributed by atoms with Crippen LogP contribution in [0.15, 0.2) is 65.7 Å². The first-order valence-electron chi connectivity index (χ1n) is 6.63. The highest BCUT2D eigenvalue weighted by Crippen LogP contribution is 1.99. The Morgan fingerprint density at radius 2 is 1.42 bits per heavy atom. The highest BCUT2D eigenvalue weighted by molar-refractivity contribution is 5.56. The Bertz CT molecular complexity index is 449. The van der Waals surface area contributed by atoms with E-state index < -0.39 is 0 Å². The van der Waals surface area contributed by atoms with Crippen LogP contribution in [0.5, 0.6) is 0 Å². The maximum Gasteiger partial charge on any atom is 0.0635 e. The van der Waals surface area contributed by atoms with Crippen LogP contribution in [0.4, 0.5) is 0 Å². The summed E-state index contributed by atoms with van der Waals surface area (Å²) in [5.41, 5.74) is 7.81. The topological polar surface area (TPSA) is 38.4 Å². The van der Waals surface area contributed by atoms with Crippen molar-refractivity contribution in [2.45, 2.75) is 26.4 Å². The summed E-state index contributed by atoms with van der Waals surface area (Å²) in [5, 5.41) is 0. The maximum absolute atomic E-state index is 5.35. The second-order valence-electron chi connectivity index (χ2n) is 4.11. The van der Waals surface area contributed by atoms with Gasteiger partial charge in [-0.05, 0) is 23.8 Å². The van der Waals surface area contributed by atoms with E-state index in [4.69, 9.17) is 5.73 Å². The molecule has 19 heavy (non-hydrogen) atoms. The lowest BCUT2D eigenvalue weighted by atomic mass is 10.2. The molecule has 100 valence electrons. The molecule has 2 aromatic carbocycles. The zero-order chi connectivity index (χ0) is 13.8. The normalized spacial score (nSPS) is 10.0. The molecule has 0 aliphatic rings. The molecule has 2 rings (SSSR count). The summed E-state index contributed by atoms with van der Waals surface area (Å²) in [6.07, 6.45) is 2.97. The van der Waals surface area contributed by atoms with E-state index in [9.17, 15) is 0 Å². The van der Waals surface area contributed by atoms with Crippen molar-refractivity contribution in [3.8, 4) is 0 Å². The third-order valence-corrected chi connectivity index (χ3v) is 2.51. The summed E-state index contributed by atoms with van der Waals surface area (Å²) in [7, 11) is 0. The van der Waals surface area contributed by atoms with Crippen LogP contribution in [0.1, 0.15) is 24.5 Å². The lowest BCUT2D eigenvalue weighted by Crippen LogP contribution is -1.94. The van der Waals surface area contributed by atoms with Crippen molar-refractivity contribution in [2.75, 3.05) is 0 Å². The number of hydrogen-bond donors (Lipinski definition) is 1. The maximum atomic E-state index is 5.35. The predicted octanol–water partition coefficient (Wildman–Crippen LogP) is 3.81. The fourth-order valence-electron chi connectivity index (χ4n) is 1.50. The number of nitrogens with two attached hydrogens (primary N) is 1. The summed E-state index contributed by atoms with van der Waals surface area (Å²) in [4.78, 5) is 4.24. The van der Waals surface area contributed by atoms with Crippen LogP contribution in [0.2, 0.25) is 0 Å². The van der Waals surface area contributed by atoms with Crippen LogP contribution in [-0.2, 0) is 13.1 Å². The van der Waals surface area contributed by atoms with Crippen molar-refractivity contribution in [3.63, 3.8) is 0 Å². The SMILES string of the molecule is CCC=NCc1ccccc1.NCc1ccccc1. The molecule has 0 fully saturated rings. The molecule has 0 saturated carbocycles. The molecule has 0 atom stereocenters. The fraction of sp³-hybridized carbons (Fsp3) is 0.235. The molecule has 0 bridgehead atoms. The molecule has 0 unspecified atom stereocenters. The molecule has 2 N–H and O–H groups in total. The van der Waals surface area contributed by atoms with Gasteiger partial charge >= 0.3 is 0 Å². The van der Waals surface area contributed by atoms with E-state index in [0.29, 0.717) is 6.54 Å². The van der Waals surface area contributed by atoms with E-state index in [-0.39, 0.29) is 0 Å². The standard InChI is InChI=1S/C10H13N.C7H9N/c1-2-8-11-9-10-6-4-3-5-7-10;8-6-7-4-2-1-3-5-7/h3-8H,2,9H2,1H3;1-5H,6,8H2. The van der Waals surface area contributed by atoms with Crippen molar-refractivity contribution in [3.05, 3.63) is 71.8 Å². The molecule has 0 heterocycles. The van der Waals surface area contributed by atoms with Gasteiger partial charge in [-0.3, -0.25) is 4.99 Å². The summed E-state index contributed by atoms with van der Waals surface area (Å²) in [6, 6.07) is 20.3. The van der Waals surface area contributed by atoms with Gasteiger partial charge < -0.3 is 5.73 Å². The minimum Gasteiger partial charge on any atom is -0.326 e. The Balaban J connectivity index is 0.000000200. The van der Waals surface area contributed by atoms with Gasteiger partial charge in [0.25, 0.3) is 0 Å². The second-order valence-corrected chi connectivity index (χ2v) is 4.11. The minimum absolute atomic E-state index is 0.640. The number of benzene rings is 2. The van der Waals surface area contributed by atoms with Crippen LogP contribution >= 0.6 is 0 Å². The number of hydrogen-bond acceptors (Lipinski definition) is 2. The van der Waals surface area contributed by atoms with Crippen LogP contribution in [0, 0.1) is 0 Å².